The van der Waals surface area contributed by atoms with Crippen LogP contribution < -0.4 is 5.56 Å². The molecule has 88 valence electrons. The lowest BCUT2D eigenvalue weighted by atomic mass is 10.4. The monoisotopic (exact) mass is 250 g/mol. The highest BCUT2D eigenvalue weighted by molar-refractivity contribution is 7.71. The molecule has 2 N–H and O–H groups in total. The third kappa shape index (κ3) is 1.27. The Morgan fingerprint density at radius 3 is 3.06 bits per heavy atom. The second kappa shape index (κ2) is 3.52. The molecule has 0 aliphatic heterocycles. The van der Waals surface area contributed by atoms with Gasteiger partial charge in [-0.1, -0.05) is 6.92 Å². The highest BCUT2D eigenvalue weighted by Gasteiger charge is 2.13. The third-order valence-electron chi connectivity index (χ3n) is 2.66. The SMILES string of the molecule is CCCn1c(=O)c2cn[nH]c2n2c(=S)[nH]nc12. The second-order valence-corrected chi connectivity index (χ2v) is 4.14. The molecule has 0 radical (unpaired) electrons. The van der Waals surface area contributed by atoms with E-state index in [1.54, 1.807) is 8.97 Å². The van der Waals surface area contributed by atoms with Crippen molar-refractivity contribution in [3.63, 3.8) is 0 Å². The summed E-state index contributed by atoms with van der Waals surface area (Å²) in [6.07, 6.45) is 2.36. The van der Waals surface area contributed by atoms with Gasteiger partial charge in [0.05, 0.1) is 6.20 Å². The second-order valence-electron chi connectivity index (χ2n) is 3.75. The van der Waals surface area contributed by atoms with Crippen LogP contribution in [0, 0.1) is 4.77 Å². The predicted molar refractivity (Wildman–Crippen MR) is 64.6 cm³/mol. The van der Waals surface area contributed by atoms with Gasteiger partial charge in [-0.05, 0) is 18.6 Å². The molecule has 8 heteroatoms. The lowest BCUT2D eigenvalue weighted by molar-refractivity contribution is 0.663. The summed E-state index contributed by atoms with van der Waals surface area (Å²) in [6.45, 7) is 2.60. The van der Waals surface area contributed by atoms with E-state index in [4.69, 9.17) is 12.2 Å². The van der Waals surface area contributed by atoms with E-state index in [1.165, 1.54) is 6.20 Å². The Balaban J connectivity index is 2.63. The minimum Gasteiger partial charge on any atom is -0.276 e. The van der Waals surface area contributed by atoms with Gasteiger partial charge in [0.2, 0.25) is 10.5 Å². The van der Waals surface area contributed by atoms with Gasteiger partial charge < -0.3 is 0 Å². The van der Waals surface area contributed by atoms with Crippen molar-refractivity contribution >= 4 is 29.0 Å². The summed E-state index contributed by atoms with van der Waals surface area (Å²) in [6, 6.07) is 0. The van der Waals surface area contributed by atoms with Crippen LogP contribution in [0.1, 0.15) is 13.3 Å². The van der Waals surface area contributed by atoms with Crippen LogP contribution in [0.5, 0.6) is 0 Å². The minimum atomic E-state index is -0.0999. The van der Waals surface area contributed by atoms with Crippen LogP contribution in [0.4, 0.5) is 0 Å². The van der Waals surface area contributed by atoms with E-state index in [0.717, 1.165) is 6.42 Å². The van der Waals surface area contributed by atoms with Crippen molar-refractivity contribution in [1.29, 1.82) is 0 Å². The van der Waals surface area contributed by atoms with E-state index in [0.29, 0.717) is 28.1 Å². The molecule has 3 aromatic heterocycles. The molecule has 17 heavy (non-hydrogen) atoms. The molecule has 7 nitrogen and oxygen atoms in total. The smallest absolute Gasteiger partial charge is 0.266 e. The first-order valence-corrected chi connectivity index (χ1v) is 5.68. The number of H-pyrrole nitrogens is 2. The zero-order chi connectivity index (χ0) is 12.0. The third-order valence-corrected chi connectivity index (χ3v) is 2.94. The highest BCUT2D eigenvalue weighted by atomic mass is 32.1. The molecule has 0 aliphatic carbocycles. The summed E-state index contributed by atoms with van der Waals surface area (Å²) in [5.74, 6) is 0.513. The maximum atomic E-state index is 12.2. The number of aromatic nitrogens is 6. The van der Waals surface area contributed by atoms with E-state index in [9.17, 15) is 4.79 Å². The number of rotatable bonds is 2. The van der Waals surface area contributed by atoms with Crippen LogP contribution in [0.15, 0.2) is 11.0 Å². The quantitative estimate of drug-likeness (QED) is 0.660. The van der Waals surface area contributed by atoms with Crippen molar-refractivity contribution in [3.8, 4) is 0 Å². The van der Waals surface area contributed by atoms with Gasteiger partial charge in [-0.15, -0.1) is 5.10 Å². The standard InChI is InChI=1S/C9H10N6OS/c1-2-3-14-7(16)5-4-10-11-6(5)15-8(14)12-13-9(15)17/h4H,2-3H2,1H3,(H,10,11)(H,13,17). The van der Waals surface area contributed by atoms with Gasteiger partial charge in [0.25, 0.3) is 5.56 Å². The number of nitrogens with zero attached hydrogens (tertiary/aromatic N) is 4. The van der Waals surface area contributed by atoms with Gasteiger partial charge >= 0.3 is 0 Å². The van der Waals surface area contributed by atoms with Crippen molar-refractivity contribution in [1.82, 2.24) is 29.4 Å². The first-order chi connectivity index (χ1) is 8.24. The van der Waals surface area contributed by atoms with Crippen LogP contribution in [0.3, 0.4) is 0 Å². The van der Waals surface area contributed by atoms with E-state index >= 15 is 0 Å². The summed E-state index contributed by atoms with van der Waals surface area (Å²) in [5.41, 5.74) is 0.480. The molecule has 0 aliphatic rings. The van der Waals surface area contributed by atoms with Crippen LogP contribution in [-0.2, 0) is 6.54 Å². The van der Waals surface area contributed by atoms with E-state index in [-0.39, 0.29) is 5.56 Å². The number of aryl methyl sites for hydroxylation is 1. The Hall–Kier alpha value is -1.96. The highest BCUT2D eigenvalue weighted by Crippen LogP contribution is 2.09. The van der Waals surface area contributed by atoms with Crippen LogP contribution in [-0.4, -0.2) is 29.4 Å². The van der Waals surface area contributed by atoms with Gasteiger partial charge in [-0.3, -0.25) is 14.5 Å². The average molecular weight is 250 g/mol. The van der Waals surface area contributed by atoms with Crippen molar-refractivity contribution in [2.45, 2.75) is 19.9 Å². The Kier molecular flexibility index (Phi) is 2.11. The summed E-state index contributed by atoms with van der Waals surface area (Å²) in [7, 11) is 0. The van der Waals surface area contributed by atoms with Gasteiger partial charge in [-0.2, -0.15) is 5.10 Å². The summed E-state index contributed by atoms with van der Waals surface area (Å²) >= 11 is 5.15. The Labute approximate surface area is 100 Å². The maximum absolute atomic E-state index is 12.2. The fourth-order valence-electron chi connectivity index (χ4n) is 1.94. The largest absolute Gasteiger partial charge is 0.276 e. The number of hydrogen-bond acceptors (Lipinski definition) is 4. The molecule has 3 aromatic rings. The average Bonchev–Trinajstić information content (AvgIpc) is 2.90. The van der Waals surface area contributed by atoms with Crippen LogP contribution >= 0.6 is 12.2 Å². The fourth-order valence-corrected chi connectivity index (χ4v) is 2.16. The molecular formula is C9H10N6OS. The Morgan fingerprint density at radius 1 is 1.47 bits per heavy atom. The minimum absolute atomic E-state index is 0.0999. The first kappa shape index (κ1) is 10.2. The number of fused-ring (bicyclic) bond motifs is 3. The van der Waals surface area contributed by atoms with Crippen molar-refractivity contribution in [2.75, 3.05) is 0 Å². The Bertz CT molecular complexity index is 806. The van der Waals surface area contributed by atoms with Crippen molar-refractivity contribution in [3.05, 3.63) is 21.3 Å². The Morgan fingerprint density at radius 2 is 2.29 bits per heavy atom. The molecule has 0 atom stereocenters. The summed E-state index contributed by atoms with van der Waals surface area (Å²) in [4.78, 5) is 12.2. The van der Waals surface area contributed by atoms with Crippen molar-refractivity contribution in [2.24, 2.45) is 0 Å². The lowest BCUT2D eigenvalue weighted by Crippen LogP contribution is -2.22. The number of nitrogens with one attached hydrogen (secondary N) is 2. The number of aromatic amines is 2. The van der Waals surface area contributed by atoms with Gasteiger partial charge in [0, 0.05) is 6.54 Å². The van der Waals surface area contributed by atoms with E-state index < -0.39 is 0 Å². The topological polar surface area (TPSA) is 83.8 Å². The lowest BCUT2D eigenvalue weighted by Gasteiger charge is -2.05. The molecular weight excluding hydrogens is 240 g/mol. The van der Waals surface area contributed by atoms with E-state index in [2.05, 4.69) is 20.4 Å². The van der Waals surface area contributed by atoms with Gasteiger partial charge in [-0.25, -0.2) is 9.50 Å². The summed E-state index contributed by atoms with van der Waals surface area (Å²) in [5, 5.41) is 14.0. The van der Waals surface area contributed by atoms with Gasteiger partial charge in [0.15, 0.2) is 5.65 Å². The summed E-state index contributed by atoms with van der Waals surface area (Å²) < 4.78 is 3.73. The molecule has 0 amide bonds. The van der Waals surface area contributed by atoms with E-state index in [1.807, 2.05) is 6.92 Å². The molecule has 0 unspecified atom stereocenters. The molecule has 0 saturated carbocycles. The molecule has 0 fully saturated rings. The maximum Gasteiger partial charge on any atom is 0.266 e. The normalized spacial score (nSPS) is 11.6. The molecule has 0 bridgehead atoms. The van der Waals surface area contributed by atoms with Crippen molar-refractivity contribution < 1.29 is 0 Å². The molecule has 3 heterocycles. The fraction of sp³-hybridized carbons (Fsp3) is 0.333. The molecule has 0 saturated heterocycles. The van der Waals surface area contributed by atoms with Crippen LogP contribution in [0.2, 0.25) is 0 Å². The first-order valence-electron chi connectivity index (χ1n) is 5.27. The predicted octanol–water partition coefficient (Wildman–Crippen LogP) is 0.840. The van der Waals surface area contributed by atoms with Crippen LogP contribution in [0.25, 0.3) is 16.8 Å². The van der Waals surface area contributed by atoms with Gasteiger partial charge in [0.1, 0.15) is 5.39 Å². The zero-order valence-corrected chi connectivity index (χ0v) is 9.91. The zero-order valence-electron chi connectivity index (χ0n) is 9.10. The molecule has 0 spiro atoms. The molecule has 0 aromatic carbocycles. The molecule has 3 rings (SSSR count). The number of hydrogen-bond donors (Lipinski definition) is 2.